The van der Waals surface area contributed by atoms with Gasteiger partial charge in [-0.15, -0.1) is 11.8 Å². The summed E-state index contributed by atoms with van der Waals surface area (Å²) in [6.45, 7) is 2.24. The maximum atomic E-state index is 10.2. The Kier molecular flexibility index (Phi) is 13.9. The number of hydrogen-bond donors (Lipinski definition) is 1. The molecule has 108 valence electrons. The molecule has 0 aliphatic heterocycles. The van der Waals surface area contributed by atoms with E-state index in [9.17, 15) is 4.79 Å². The second kappa shape index (κ2) is 14.8. The number of aliphatic carboxylic acids is 1. The van der Waals surface area contributed by atoms with Crippen LogP contribution in [0.4, 0.5) is 0 Å². The Morgan fingerprint density at radius 1 is 0.947 bits per heavy atom. The summed E-state index contributed by atoms with van der Waals surface area (Å²) in [4.78, 5) is 10.2. The van der Waals surface area contributed by atoms with Gasteiger partial charge in [-0.2, -0.15) is 0 Å². The maximum Gasteiger partial charge on any atom is 0.327 e. The molecular formula is C17H28O2. The fourth-order valence-electron chi connectivity index (χ4n) is 1.83. The zero-order valence-electron chi connectivity index (χ0n) is 12.3. The van der Waals surface area contributed by atoms with Gasteiger partial charge in [0, 0.05) is 18.9 Å². The van der Waals surface area contributed by atoms with Crippen LogP contribution in [0.3, 0.4) is 0 Å². The lowest BCUT2D eigenvalue weighted by atomic mass is 10.1. The number of unbranched alkanes of at least 4 members (excludes halogenated alkanes) is 9. The Bertz CT molecular complexity index is 294. The van der Waals surface area contributed by atoms with Crippen molar-refractivity contribution in [3.05, 3.63) is 12.2 Å². The van der Waals surface area contributed by atoms with Crippen LogP contribution in [-0.2, 0) is 4.79 Å². The minimum atomic E-state index is -0.862. The third-order valence-corrected chi connectivity index (χ3v) is 2.96. The van der Waals surface area contributed by atoms with Crippen molar-refractivity contribution in [2.45, 2.75) is 77.6 Å². The van der Waals surface area contributed by atoms with E-state index in [1.807, 2.05) is 0 Å². The molecule has 0 rings (SSSR count). The molecule has 0 aliphatic rings. The SMILES string of the molecule is CCCCCCCCC#CCCCCC=CC(=O)O. The molecule has 1 N–H and O–H groups in total. The molecule has 0 aliphatic carbocycles. The summed E-state index contributed by atoms with van der Waals surface area (Å²) in [7, 11) is 0. The molecule has 0 aromatic heterocycles. The third kappa shape index (κ3) is 16.8. The summed E-state index contributed by atoms with van der Waals surface area (Å²) >= 11 is 0. The molecule has 0 aromatic carbocycles. The van der Waals surface area contributed by atoms with Crippen molar-refractivity contribution in [3.63, 3.8) is 0 Å². The van der Waals surface area contributed by atoms with Crippen LogP contribution in [0.5, 0.6) is 0 Å². The molecule has 0 radical (unpaired) electrons. The average Bonchev–Trinajstić information content (AvgIpc) is 2.39. The standard InChI is InChI=1S/C17H28O2/c1-2-3-4-5-6-7-8-9-10-11-12-13-14-15-16-17(18)19/h15-16H,2-8,11-14H2,1H3,(H,18,19). The van der Waals surface area contributed by atoms with Crippen molar-refractivity contribution in [2.75, 3.05) is 0 Å². The molecule has 0 aromatic rings. The van der Waals surface area contributed by atoms with E-state index < -0.39 is 5.97 Å². The van der Waals surface area contributed by atoms with Crippen LogP contribution in [0, 0.1) is 11.8 Å². The molecule has 0 heterocycles. The summed E-state index contributed by atoms with van der Waals surface area (Å²) < 4.78 is 0. The smallest absolute Gasteiger partial charge is 0.327 e. The second-order valence-corrected chi connectivity index (χ2v) is 4.86. The van der Waals surface area contributed by atoms with Crippen LogP contribution in [0.25, 0.3) is 0 Å². The van der Waals surface area contributed by atoms with Gasteiger partial charge in [-0.3, -0.25) is 0 Å². The number of carboxylic acids is 1. The van der Waals surface area contributed by atoms with Gasteiger partial charge in [-0.25, -0.2) is 4.79 Å². The summed E-state index contributed by atoms with van der Waals surface area (Å²) in [6, 6.07) is 0. The van der Waals surface area contributed by atoms with Gasteiger partial charge in [-0.05, 0) is 25.7 Å². The third-order valence-electron chi connectivity index (χ3n) is 2.96. The number of rotatable bonds is 11. The van der Waals surface area contributed by atoms with E-state index in [1.54, 1.807) is 6.08 Å². The highest BCUT2D eigenvalue weighted by atomic mass is 16.4. The largest absolute Gasteiger partial charge is 0.478 e. The minimum Gasteiger partial charge on any atom is -0.478 e. The van der Waals surface area contributed by atoms with Gasteiger partial charge in [-0.1, -0.05) is 45.1 Å². The Morgan fingerprint density at radius 3 is 2.16 bits per heavy atom. The maximum absolute atomic E-state index is 10.2. The van der Waals surface area contributed by atoms with Crippen LogP contribution >= 0.6 is 0 Å². The fraction of sp³-hybridized carbons (Fsp3) is 0.706. The summed E-state index contributed by atoms with van der Waals surface area (Å²) in [6.07, 6.45) is 15.8. The fourth-order valence-corrected chi connectivity index (χ4v) is 1.83. The zero-order chi connectivity index (χ0) is 14.2. The molecule has 0 unspecified atom stereocenters. The Balaban J connectivity index is 3.20. The number of hydrogen-bond acceptors (Lipinski definition) is 1. The predicted molar refractivity (Wildman–Crippen MR) is 81.0 cm³/mol. The van der Waals surface area contributed by atoms with Gasteiger partial charge in [0.25, 0.3) is 0 Å². The van der Waals surface area contributed by atoms with Gasteiger partial charge >= 0.3 is 5.97 Å². The summed E-state index contributed by atoms with van der Waals surface area (Å²) in [5.41, 5.74) is 0. The zero-order valence-corrected chi connectivity index (χ0v) is 12.3. The van der Waals surface area contributed by atoms with E-state index in [-0.39, 0.29) is 0 Å². The highest BCUT2D eigenvalue weighted by Crippen LogP contribution is 2.06. The normalized spacial score (nSPS) is 10.4. The molecule has 19 heavy (non-hydrogen) atoms. The molecule has 0 saturated carbocycles. The van der Waals surface area contributed by atoms with E-state index >= 15 is 0 Å². The van der Waals surface area contributed by atoms with Crippen LogP contribution < -0.4 is 0 Å². The Labute approximate surface area is 118 Å². The topological polar surface area (TPSA) is 37.3 Å². The lowest BCUT2D eigenvalue weighted by Crippen LogP contribution is -1.85. The first-order valence-electron chi connectivity index (χ1n) is 7.62. The Hall–Kier alpha value is -1.23. The lowest BCUT2D eigenvalue weighted by molar-refractivity contribution is -0.131. The van der Waals surface area contributed by atoms with E-state index in [1.165, 1.54) is 44.6 Å². The number of carbonyl (C=O) groups is 1. The first-order chi connectivity index (χ1) is 9.27. The predicted octanol–water partition coefficient (Wildman–Crippen LogP) is 4.94. The first kappa shape index (κ1) is 17.8. The molecule has 0 spiro atoms. The van der Waals surface area contributed by atoms with Gasteiger partial charge < -0.3 is 5.11 Å². The van der Waals surface area contributed by atoms with E-state index in [4.69, 9.17) is 5.11 Å². The summed E-state index contributed by atoms with van der Waals surface area (Å²) in [5, 5.41) is 8.40. The van der Waals surface area contributed by atoms with Crippen molar-refractivity contribution in [1.29, 1.82) is 0 Å². The van der Waals surface area contributed by atoms with E-state index in [0.29, 0.717) is 0 Å². The average molecular weight is 264 g/mol. The highest BCUT2D eigenvalue weighted by Gasteiger charge is 1.88. The molecule has 2 nitrogen and oxygen atoms in total. The quantitative estimate of drug-likeness (QED) is 0.326. The second-order valence-electron chi connectivity index (χ2n) is 4.86. The lowest BCUT2D eigenvalue weighted by Gasteiger charge is -1.96. The van der Waals surface area contributed by atoms with Gasteiger partial charge in [0.1, 0.15) is 0 Å². The molecule has 0 amide bonds. The van der Waals surface area contributed by atoms with Crippen LogP contribution in [0.1, 0.15) is 77.6 Å². The monoisotopic (exact) mass is 264 g/mol. The minimum absolute atomic E-state index is 0.839. The van der Waals surface area contributed by atoms with Gasteiger partial charge in [0.05, 0.1) is 0 Å². The molecule has 0 fully saturated rings. The van der Waals surface area contributed by atoms with Crippen molar-refractivity contribution in [3.8, 4) is 11.8 Å². The number of carboxylic acid groups (broad SMARTS) is 1. The van der Waals surface area contributed by atoms with Crippen molar-refractivity contribution in [2.24, 2.45) is 0 Å². The number of allylic oxidation sites excluding steroid dienone is 1. The molecular weight excluding hydrogens is 236 g/mol. The van der Waals surface area contributed by atoms with E-state index in [0.717, 1.165) is 32.1 Å². The Morgan fingerprint density at radius 2 is 1.53 bits per heavy atom. The van der Waals surface area contributed by atoms with Crippen molar-refractivity contribution in [1.82, 2.24) is 0 Å². The molecule has 0 atom stereocenters. The highest BCUT2D eigenvalue weighted by molar-refractivity contribution is 5.79. The van der Waals surface area contributed by atoms with Gasteiger partial charge in [0.15, 0.2) is 0 Å². The summed E-state index contributed by atoms with van der Waals surface area (Å²) in [5.74, 6) is 5.56. The van der Waals surface area contributed by atoms with Crippen LogP contribution in [0.2, 0.25) is 0 Å². The van der Waals surface area contributed by atoms with Crippen LogP contribution in [0.15, 0.2) is 12.2 Å². The molecule has 0 saturated heterocycles. The van der Waals surface area contributed by atoms with Gasteiger partial charge in [0.2, 0.25) is 0 Å². The molecule has 2 heteroatoms. The van der Waals surface area contributed by atoms with Crippen molar-refractivity contribution < 1.29 is 9.90 Å². The van der Waals surface area contributed by atoms with Crippen molar-refractivity contribution >= 4 is 5.97 Å². The van der Waals surface area contributed by atoms with E-state index in [2.05, 4.69) is 18.8 Å². The first-order valence-corrected chi connectivity index (χ1v) is 7.62. The molecule has 0 bridgehead atoms. The van der Waals surface area contributed by atoms with Crippen LogP contribution in [-0.4, -0.2) is 11.1 Å².